The Hall–Kier alpha value is -4.49. The number of amides is 5. The zero-order valence-electron chi connectivity index (χ0n) is 32.2. The number of alkyl carbamates (subject to hydrolysis) is 1. The molecule has 1 aromatic heterocycles. The summed E-state index contributed by atoms with van der Waals surface area (Å²) in [6.45, 7) is 14.5. The van der Waals surface area contributed by atoms with Gasteiger partial charge in [0.15, 0.2) is 0 Å². The van der Waals surface area contributed by atoms with Crippen molar-refractivity contribution in [2.75, 3.05) is 20.2 Å². The summed E-state index contributed by atoms with van der Waals surface area (Å²) < 4.78 is 4.79. The van der Waals surface area contributed by atoms with Crippen molar-refractivity contribution in [3.8, 4) is 0 Å². The molecular formula is C40H56N6O6S. The molecule has 1 aliphatic rings. The normalized spacial score (nSPS) is 16.4. The largest absolute Gasteiger partial charge is 0.453 e. The maximum absolute atomic E-state index is 14.4. The minimum atomic E-state index is -1.11. The van der Waals surface area contributed by atoms with Crippen LogP contribution in [0.2, 0.25) is 0 Å². The molecule has 0 saturated carbocycles. The number of carbonyl (C=O) groups is 4. The number of aryl methyl sites for hydroxylation is 1. The topological polar surface area (TPSA) is 153 Å². The molecule has 12 nitrogen and oxygen atoms in total. The van der Waals surface area contributed by atoms with Gasteiger partial charge in [-0.1, -0.05) is 102 Å². The highest BCUT2D eigenvalue weighted by Crippen LogP contribution is 2.29. The van der Waals surface area contributed by atoms with E-state index in [1.807, 2.05) is 115 Å². The molecule has 4 N–H and O–H groups in total. The number of benzene rings is 2. The van der Waals surface area contributed by atoms with Gasteiger partial charge >= 0.3 is 12.1 Å². The number of nitrogens with zero attached hydrogens (tertiary/aromatic N) is 3. The summed E-state index contributed by atoms with van der Waals surface area (Å²) in [5, 5.41) is 23.7. The lowest BCUT2D eigenvalue weighted by molar-refractivity contribution is -0.130. The highest BCUT2D eigenvalue weighted by molar-refractivity contribution is 7.09. The van der Waals surface area contributed by atoms with E-state index >= 15 is 0 Å². The number of rotatable bonds is 15. The van der Waals surface area contributed by atoms with Crippen LogP contribution in [-0.4, -0.2) is 94.3 Å². The number of aliphatic hydroxyl groups excluding tert-OH is 1. The van der Waals surface area contributed by atoms with Gasteiger partial charge in [-0.05, 0) is 48.1 Å². The molecule has 1 aliphatic heterocycles. The molecule has 288 valence electrons. The third kappa shape index (κ3) is 11.8. The Bertz CT molecular complexity index is 1670. The van der Waals surface area contributed by atoms with E-state index in [1.54, 1.807) is 9.80 Å². The highest BCUT2D eigenvalue weighted by Gasteiger charge is 2.44. The van der Waals surface area contributed by atoms with Crippen LogP contribution in [-0.2, 0) is 33.7 Å². The lowest BCUT2D eigenvalue weighted by Gasteiger charge is -2.38. The van der Waals surface area contributed by atoms with Crippen molar-refractivity contribution in [1.29, 1.82) is 0 Å². The fraction of sp³-hybridized carbons (Fsp3) is 0.525. The number of aromatic nitrogens is 1. The molecule has 0 spiro atoms. The fourth-order valence-corrected chi connectivity index (χ4v) is 7.37. The summed E-state index contributed by atoms with van der Waals surface area (Å²) in [5.74, 6) is -0.784. The standard InChI is InChI=1S/C40H56N6O6S/c1-26-41-30(25-53-26)24-45-19-20-46(38(45)51)34(40(5,6)7)36(49)42-29(21-27-15-11-9-12-16-27)23-32(47)31(22-28-17-13-10-14-18-28)43-35(48)33(39(2,3)4)44-37(50)52-8/h9-18,25,29,31-34,47H,19-24H2,1-8H3,(H,42,49)(H,43,48)(H,44,50). The molecule has 1 fully saturated rings. The van der Waals surface area contributed by atoms with Crippen molar-refractivity contribution in [2.45, 2.75) is 105 Å². The smallest absolute Gasteiger partial charge is 0.407 e. The molecule has 5 atom stereocenters. The number of ether oxygens (including phenoxy) is 1. The zero-order valence-corrected chi connectivity index (χ0v) is 33.0. The van der Waals surface area contributed by atoms with Crippen LogP contribution in [0.4, 0.5) is 9.59 Å². The van der Waals surface area contributed by atoms with Gasteiger partial charge in [0, 0.05) is 24.5 Å². The Kier molecular flexibility index (Phi) is 14.0. The summed E-state index contributed by atoms with van der Waals surface area (Å²) in [4.78, 5) is 62.1. The second-order valence-electron chi connectivity index (χ2n) is 16.0. The number of methoxy groups -OCH3 is 1. The van der Waals surface area contributed by atoms with E-state index in [0.29, 0.717) is 32.5 Å². The van der Waals surface area contributed by atoms with Gasteiger partial charge in [0.25, 0.3) is 0 Å². The second-order valence-corrected chi connectivity index (χ2v) is 17.0. The molecular weight excluding hydrogens is 693 g/mol. The Morgan fingerprint density at radius 3 is 2.00 bits per heavy atom. The van der Waals surface area contributed by atoms with Gasteiger partial charge < -0.3 is 35.6 Å². The first-order chi connectivity index (χ1) is 25.0. The third-order valence-electron chi connectivity index (χ3n) is 9.39. The Labute approximate surface area is 317 Å². The van der Waals surface area contributed by atoms with Gasteiger partial charge in [-0.3, -0.25) is 9.59 Å². The van der Waals surface area contributed by atoms with E-state index in [9.17, 15) is 24.3 Å². The van der Waals surface area contributed by atoms with Crippen molar-refractivity contribution in [3.63, 3.8) is 0 Å². The summed E-state index contributed by atoms with van der Waals surface area (Å²) in [6, 6.07) is 15.9. The van der Waals surface area contributed by atoms with Crippen molar-refractivity contribution in [1.82, 2.24) is 30.7 Å². The van der Waals surface area contributed by atoms with E-state index in [4.69, 9.17) is 4.74 Å². The molecule has 2 heterocycles. The van der Waals surface area contributed by atoms with Gasteiger partial charge in [0.05, 0.1) is 36.5 Å². The van der Waals surface area contributed by atoms with Gasteiger partial charge in [0.2, 0.25) is 11.8 Å². The zero-order chi connectivity index (χ0) is 38.9. The van der Waals surface area contributed by atoms with Gasteiger partial charge in [0.1, 0.15) is 12.1 Å². The van der Waals surface area contributed by atoms with E-state index in [2.05, 4.69) is 20.9 Å². The summed E-state index contributed by atoms with van der Waals surface area (Å²) in [7, 11) is 1.24. The van der Waals surface area contributed by atoms with Crippen LogP contribution in [0.5, 0.6) is 0 Å². The lowest BCUT2D eigenvalue weighted by Crippen LogP contribution is -2.59. The molecule has 53 heavy (non-hydrogen) atoms. The predicted octanol–water partition coefficient (Wildman–Crippen LogP) is 5.08. The number of thiazole rings is 1. The minimum absolute atomic E-state index is 0.100. The molecule has 0 aliphatic carbocycles. The fourth-order valence-electron chi connectivity index (χ4n) is 6.76. The van der Waals surface area contributed by atoms with Crippen molar-refractivity contribution in [3.05, 3.63) is 87.9 Å². The van der Waals surface area contributed by atoms with Gasteiger partial charge in [-0.15, -0.1) is 11.3 Å². The van der Waals surface area contributed by atoms with Crippen molar-refractivity contribution >= 4 is 35.3 Å². The van der Waals surface area contributed by atoms with Crippen LogP contribution >= 0.6 is 11.3 Å². The van der Waals surface area contributed by atoms with Crippen LogP contribution in [0.15, 0.2) is 66.0 Å². The molecule has 4 rings (SSSR count). The van der Waals surface area contributed by atoms with E-state index in [-0.39, 0.29) is 18.4 Å². The average molecular weight is 749 g/mol. The third-order valence-corrected chi connectivity index (χ3v) is 10.2. The lowest BCUT2D eigenvalue weighted by atomic mass is 9.84. The maximum atomic E-state index is 14.4. The molecule has 3 aromatic rings. The Morgan fingerprint density at radius 2 is 1.47 bits per heavy atom. The minimum Gasteiger partial charge on any atom is -0.453 e. The van der Waals surface area contributed by atoms with Crippen LogP contribution in [0, 0.1) is 17.8 Å². The van der Waals surface area contributed by atoms with Crippen molar-refractivity contribution < 1.29 is 29.0 Å². The number of carbonyl (C=O) groups excluding carboxylic acids is 4. The summed E-state index contributed by atoms with van der Waals surface area (Å²) in [6.07, 6.45) is -1.04. The van der Waals surface area contributed by atoms with Crippen LogP contribution < -0.4 is 16.0 Å². The van der Waals surface area contributed by atoms with Crippen LogP contribution in [0.1, 0.15) is 69.8 Å². The number of hydrogen-bond acceptors (Lipinski definition) is 8. The number of hydrogen-bond donors (Lipinski definition) is 4. The van der Waals surface area contributed by atoms with Gasteiger partial charge in [-0.2, -0.15) is 0 Å². The first-order valence-corrected chi connectivity index (χ1v) is 19.0. The second kappa shape index (κ2) is 18.0. The SMILES string of the molecule is COC(=O)NC(C(=O)NC(Cc1ccccc1)C(O)CC(Cc1ccccc1)NC(=O)C(N1CCN(Cc2csc(C)n2)C1=O)C(C)(C)C)C(C)(C)C. The summed E-state index contributed by atoms with van der Waals surface area (Å²) in [5.41, 5.74) is 1.39. The Morgan fingerprint density at radius 1 is 0.868 bits per heavy atom. The monoisotopic (exact) mass is 748 g/mol. The van der Waals surface area contributed by atoms with E-state index in [0.717, 1.165) is 21.8 Å². The van der Waals surface area contributed by atoms with Crippen molar-refractivity contribution in [2.24, 2.45) is 10.8 Å². The van der Waals surface area contributed by atoms with Gasteiger partial charge in [-0.25, -0.2) is 14.6 Å². The molecule has 5 unspecified atom stereocenters. The number of aliphatic hydroxyl groups is 1. The quantitative estimate of drug-likeness (QED) is 0.169. The first kappa shape index (κ1) is 41.3. The number of urea groups is 1. The maximum Gasteiger partial charge on any atom is 0.407 e. The number of nitrogens with one attached hydrogen (secondary N) is 3. The van der Waals surface area contributed by atoms with Crippen LogP contribution in [0.3, 0.4) is 0 Å². The van der Waals surface area contributed by atoms with Crippen LogP contribution in [0.25, 0.3) is 0 Å². The molecule has 5 amide bonds. The molecule has 2 aromatic carbocycles. The Balaban J connectivity index is 1.59. The molecule has 13 heteroatoms. The predicted molar refractivity (Wildman–Crippen MR) is 206 cm³/mol. The highest BCUT2D eigenvalue weighted by atomic mass is 32.1. The molecule has 1 saturated heterocycles. The van der Waals surface area contributed by atoms with E-state index in [1.165, 1.54) is 18.4 Å². The summed E-state index contributed by atoms with van der Waals surface area (Å²) >= 11 is 1.54. The molecule has 0 radical (unpaired) electrons. The molecule has 0 bridgehead atoms. The average Bonchev–Trinajstić information content (AvgIpc) is 3.66. The first-order valence-electron chi connectivity index (χ1n) is 18.1. The van der Waals surface area contributed by atoms with E-state index < -0.39 is 53.1 Å².